The van der Waals surface area contributed by atoms with E-state index in [9.17, 15) is 4.79 Å². The minimum Gasteiger partial charge on any atom is -0.481 e. The van der Waals surface area contributed by atoms with Crippen molar-refractivity contribution in [3.63, 3.8) is 0 Å². The van der Waals surface area contributed by atoms with Crippen molar-refractivity contribution in [2.45, 2.75) is 19.8 Å². The predicted octanol–water partition coefficient (Wildman–Crippen LogP) is 1.67. The maximum Gasteiger partial charge on any atom is 0.306 e. The van der Waals surface area contributed by atoms with Crippen LogP contribution in [0.15, 0.2) is 12.2 Å². The zero-order valence-corrected chi connectivity index (χ0v) is 6.08. The second-order valence-electron chi connectivity index (χ2n) is 2.83. The molecule has 0 radical (unpaired) electrons. The van der Waals surface area contributed by atoms with Gasteiger partial charge in [0.1, 0.15) is 0 Å². The van der Waals surface area contributed by atoms with Gasteiger partial charge in [0, 0.05) is 0 Å². The van der Waals surface area contributed by atoms with Crippen molar-refractivity contribution in [3.8, 4) is 0 Å². The summed E-state index contributed by atoms with van der Waals surface area (Å²) in [6.07, 6.45) is 6.00. The van der Waals surface area contributed by atoms with Crippen LogP contribution in [0.3, 0.4) is 0 Å². The standard InChI is InChI=1S/C8H12O2/c1-6(8(9)10)7-4-2-3-5-7/h2-3,6-7H,4-5H2,1H3,(H,9,10). The second kappa shape index (κ2) is 2.86. The molecular formula is C8H12O2. The predicted molar refractivity (Wildman–Crippen MR) is 38.7 cm³/mol. The average Bonchev–Trinajstić information content (AvgIpc) is 2.36. The Morgan fingerprint density at radius 2 is 2.10 bits per heavy atom. The zero-order valence-electron chi connectivity index (χ0n) is 6.08. The van der Waals surface area contributed by atoms with Gasteiger partial charge in [-0.25, -0.2) is 0 Å². The third-order valence-electron chi connectivity index (χ3n) is 2.14. The summed E-state index contributed by atoms with van der Waals surface area (Å²) in [5.74, 6) is -0.513. The molecular weight excluding hydrogens is 128 g/mol. The molecule has 10 heavy (non-hydrogen) atoms. The van der Waals surface area contributed by atoms with E-state index in [1.807, 2.05) is 0 Å². The van der Waals surface area contributed by atoms with Gasteiger partial charge in [-0.1, -0.05) is 19.1 Å². The monoisotopic (exact) mass is 140 g/mol. The Hall–Kier alpha value is -0.790. The minimum atomic E-state index is -0.672. The summed E-state index contributed by atoms with van der Waals surface area (Å²) in [5.41, 5.74) is 0. The van der Waals surface area contributed by atoms with E-state index < -0.39 is 5.97 Å². The molecule has 0 heterocycles. The highest BCUT2D eigenvalue weighted by Gasteiger charge is 2.23. The Bertz CT molecular complexity index is 153. The molecule has 1 unspecified atom stereocenters. The third-order valence-corrected chi connectivity index (χ3v) is 2.14. The van der Waals surface area contributed by atoms with E-state index in [1.54, 1.807) is 6.92 Å². The van der Waals surface area contributed by atoms with Crippen LogP contribution in [-0.4, -0.2) is 11.1 Å². The highest BCUT2D eigenvalue weighted by Crippen LogP contribution is 2.25. The van der Waals surface area contributed by atoms with Crippen molar-refractivity contribution in [2.75, 3.05) is 0 Å². The first-order valence-electron chi connectivity index (χ1n) is 3.59. The number of hydrogen-bond acceptors (Lipinski definition) is 1. The van der Waals surface area contributed by atoms with Gasteiger partial charge in [0.2, 0.25) is 0 Å². The number of rotatable bonds is 2. The van der Waals surface area contributed by atoms with E-state index in [0.29, 0.717) is 5.92 Å². The first kappa shape index (κ1) is 7.32. The highest BCUT2D eigenvalue weighted by atomic mass is 16.4. The molecule has 0 amide bonds. The fraction of sp³-hybridized carbons (Fsp3) is 0.625. The van der Waals surface area contributed by atoms with Crippen LogP contribution in [0.4, 0.5) is 0 Å². The lowest BCUT2D eigenvalue weighted by molar-refractivity contribution is -0.142. The molecule has 0 aromatic heterocycles. The Kier molecular flexibility index (Phi) is 2.10. The largest absolute Gasteiger partial charge is 0.481 e. The van der Waals surface area contributed by atoms with Gasteiger partial charge in [-0.3, -0.25) is 4.79 Å². The summed E-state index contributed by atoms with van der Waals surface area (Å²) in [4.78, 5) is 10.5. The fourth-order valence-corrected chi connectivity index (χ4v) is 1.25. The molecule has 1 N–H and O–H groups in total. The molecule has 0 bridgehead atoms. The van der Waals surface area contributed by atoms with Crippen molar-refractivity contribution >= 4 is 5.97 Å². The van der Waals surface area contributed by atoms with E-state index in [-0.39, 0.29) is 5.92 Å². The van der Waals surface area contributed by atoms with Crippen LogP contribution in [0.25, 0.3) is 0 Å². The molecule has 1 rings (SSSR count). The van der Waals surface area contributed by atoms with Gasteiger partial charge in [0.15, 0.2) is 0 Å². The van der Waals surface area contributed by atoms with E-state index in [4.69, 9.17) is 5.11 Å². The lowest BCUT2D eigenvalue weighted by Crippen LogP contribution is -2.18. The van der Waals surface area contributed by atoms with Crippen LogP contribution < -0.4 is 0 Å². The minimum absolute atomic E-state index is 0.185. The van der Waals surface area contributed by atoms with Crippen LogP contribution in [-0.2, 0) is 4.79 Å². The van der Waals surface area contributed by atoms with Crippen LogP contribution in [0.1, 0.15) is 19.8 Å². The van der Waals surface area contributed by atoms with E-state index in [2.05, 4.69) is 12.2 Å². The quantitative estimate of drug-likeness (QED) is 0.592. The van der Waals surface area contributed by atoms with Gasteiger partial charge in [0.05, 0.1) is 5.92 Å². The van der Waals surface area contributed by atoms with Gasteiger partial charge >= 0.3 is 5.97 Å². The topological polar surface area (TPSA) is 37.3 Å². The summed E-state index contributed by atoms with van der Waals surface area (Å²) in [5, 5.41) is 8.61. The maximum atomic E-state index is 10.5. The van der Waals surface area contributed by atoms with Crippen molar-refractivity contribution < 1.29 is 9.90 Å². The smallest absolute Gasteiger partial charge is 0.306 e. The number of carboxylic acid groups (broad SMARTS) is 1. The SMILES string of the molecule is CC(C(=O)O)C1CC=CC1. The van der Waals surface area contributed by atoms with Crippen LogP contribution in [0, 0.1) is 11.8 Å². The van der Waals surface area contributed by atoms with Crippen LogP contribution in [0.2, 0.25) is 0 Å². The van der Waals surface area contributed by atoms with Crippen LogP contribution >= 0.6 is 0 Å². The molecule has 2 heteroatoms. The summed E-state index contributed by atoms with van der Waals surface area (Å²) in [7, 11) is 0. The van der Waals surface area contributed by atoms with E-state index in [0.717, 1.165) is 12.8 Å². The van der Waals surface area contributed by atoms with Crippen molar-refractivity contribution in [1.29, 1.82) is 0 Å². The Labute approximate surface area is 60.6 Å². The maximum absolute atomic E-state index is 10.5. The van der Waals surface area contributed by atoms with Crippen molar-refractivity contribution in [1.82, 2.24) is 0 Å². The normalized spacial score (nSPS) is 21.3. The van der Waals surface area contributed by atoms with E-state index >= 15 is 0 Å². The number of aliphatic carboxylic acids is 1. The van der Waals surface area contributed by atoms with Crippen molar-refractivity contribution in [2.24, 2.45) is 11.8 Å². The zero-order chi connectivity index (χ0) is 7.56. The highest BCUT2D eigenvalue weighted by molar-refractivity contribution is 5.70. The Morgan fingerprint density at radius 1 is 1.60 bits per heavy atom. The number of carboxylic acids is 1. The first-order valence-corrected chi connectivity index (χ1v) is 3.59. The van der Waals surface area contributed by atoms with Gasteiger partial charge in [-0.15, -0.1) is 0 Å². The molecule has 0 spiro atoms. The lowest BCUT2D eigenvalue weighted by atomic mass is 9.92. The summed E-state index contributed by atoms with van der Waals surface area (Å²) in [6, 6.07) is 0. The average molecular weight is 140 g/mol. The molecule has 1 atom stereocenters. The number of allylic oxidation sites excluding steroid dienone is 2. The summed E-state index contributed by atoms with van der Waals surface area (Å²) >= 11 is 0. The molecule has 0 aliphatic heterocycles. The molecule has 1 aliphatic rings. The molecule has 0 fully saturated rings. The Balaban J connectivity index is 2.42. The first-order chi connectivity index (χ1) is 4.72. The number of carbonyl (C=O) groups is 1. The summed E-state index contributed by atoms with van der Waals surface area (Å²) < 4.78 is 0. The van der Waals surface area contributed by atoms with E-state index in [1.165, 1.54) is 0 Å². The van der Waals surface area contributed by atoms with Crippen molar-refractivity contribution in [3.05, 3.63) is 12.2 Å². The molecule has 1 aliphatic carbocycles. The molecule has 2 nitrogen and oxygen atoms in total. The summed E-state index contributed by atoms with van der Waals surface area (Å²) in [6.45, 7) is 1.78. The number of hydrogen-bond donors (Lipinski definition) is 1. The fourth-order valence-electron chi connectivity index (χ4n) is 1.25. The van der Waals surface area contributed by atoms with Gasteiger partial charge in [0.25, 0.3) is 0 Å². The molecule has 0 aromatic carbocycles. The molecule has 0 saturated heterocycles. The second-order valence-corrected chi connectivity index (χ2v) is 2.83. The van der Waals surface area contributed by atoms with Crippen LogP contribution in [0.5, 0.6) is 0 Å². The lowest BCUT2D eigenvalue weighted by Gasteiger charge is -2.12. The molecule has 0 aromatic rings. The van der Waals surface area contributed by atoms with Gasteiger partial charge in [-0.2, -0.15) is 0 Å². The third kappa shape index (κ3) is 1.38. The van der Waals surface area contributed by atoms with Gasteiger partial charge < -0.3 is 5.11 Å². The Morgan fingerprint density at radius 3 is 2.50 bits per heavy atom. The van der Waals surface area contributed by atoms with Gasteiger partial charge in [-0.05, 0) is 18.8 Å². The molecule has 56 valence electrons. The molecule has 0 saturated carbocycles.